The molecule has 3 nitrogen and oxygen atoms in total. The molecule has 0 atom stereocenters. The summed E-state index contributed by atoms with van der Waals surface area (Å²) in [6.45, 7) is 9.85. The lowest BCUT2D eigenvalue weighted by Gasteiger charge is -2.39. The lowest BCUT2D eigenvalue weighted by atomic mass is 9.71. The Balaban J connectivity index is 1.48. The molecule has 1 heterocycles. The van der Waals surface area contributed by atoms with Gasteiger partial charge in [0.15, 0.2) is 5.60 Å². The molecule has 2 aliphatic carbocycles. The standard InChI is InChI=1S/C44H44O3S2/c1-41(2)25-43(26-42(41,3)4)36-11-9-8-10-32(36)38-34-22-27(24-48)37(49-7)23-35(34)40-33(39(38)43)20-21-44(47-40,28-12-16-30(45-5)17-13-28)29-14-18-31(46-6)19-15-29/h8-23,48H,24-26H2,1-7H3. The first-order valence-electron chi connectivity index (χ1n) is 17.1. The highest BCUT2D eigenvalue weighted by Crippen LogP contribution is 2.70. The van der Waals surface area contributed by atoms with E-state index in [1.807, 2.05) is 24.3 Å². The zero-order chi connectivity index (χ0) is 34.3. The second-order valence-corrected chi connectivity index (χ2v) is 16.4. The third-order valence-electron chi connectivity index (χ3n) is 12.2. The topological polar surface area (TPSA) is 27.7 Å². The van der Waals surface area contributed by atoms with Crippen molar-refractivity contribution in [3.8, 4) is 28.4 Å². The molecule has 1 saturated carbocycles. The van der Waals surface area contributed by atoms with Crippen molar-refractivity contribution in [1.82, 2.24) is 0 Å². The van der Waals surface area contributed by atoms with Crippen LogP contribution in [0.25, 0.3) is 28.0 Å². The molecule has 5 heteroatoms. The Labute approximate surface area is 300 Å². The Morgan fingerprint density at radius 2 is 1.37 bits per heavy atom. The Bertz CT molecular complexity index is 2080. The Hall–Kier alpha value is -3.80. The summed E-state index contributed by atoms with van der Waals surface area (Å²) < 4.78 is 18.8. The predicted octanol–water partition coefficient (Wildman–Crippen LogP) is 11.5. The number of methoxy groups -OCH3 is 2. The largest absolute Gasteiger partial charge is 0.497 e. The van der Waals surface area contributed by atoms with Crippen LogP contribution in [-0.4, -0.2) is 20.5 Å². The normalized spacial score (nSPS) is 18.5. The Morgan fingerprint density at radius 3 is 1.92 bits per heavy atom. The van der Waals surface area contributed by atoms with Crippen LogP contribution in [0.5, 0.6) is 17.2 Å². The summed E-state index contributed by atoms with van der Waals surface area (Å²) in [5, 5.41) is 2.39. The minimum atomic E-state index is -0.874. The third kappa shape index (κ3) is 4.57. The average molecular weight is 685 g/mol. The number of rotatable bonds is 6. The molecule has 3 aliphatic rings. The van der Waals surface area contributed by atoms with Gasteiger partial charge in [0, 0.05) is 38.1 Å². The van der Waals surface area contributed by atoms with E-state index in [1.54, 1.807) is 26.0 Å². The van der Waals surface area contributed by atoms with Crippen LogP contribution in [0.2, 0.25) is 0 Å². The second kappa shape index (κ2) is 11.4. The van der Waals surface area contributed by atoms with Gasteiger partial charge in [-0.2, -0.15) is 12.6 Å². The van der Waals surface area contributed by atoms with Gasteiger partial charge in [-0.3, -0.25) is 0 Å². The highest BCUT2D eigenvalue weighted by Gasteiger charge is 2.60. The summed E-state index contributed by atoms with van der Waals surface area (Å²) in [5.74, 6) is 3.24. The van der Waals surface area contributed by atoms with Crippen LogP contribution >= 0.6 is 24.4 Å². The molecule has 5 aromatic carbocycles. The molecule has 0 N–H and O–H groups in total. The first-order valence-corrected chi connectivity index (χ1v) is 19.0. The fourth-order valence-electron chi connectivity index (χ4n) is 9.13. The van der Waals surface area contributed by atoms with Crippen molar-refractivity contribution in [2.24, 2.45) is 10.8 Å². The number of thioether (sulfide) groups is 1. The van der Waals surface area contributed by atoms with E-state index in [9.17, 15) is 0 Å². The number of hydrogen-bond acceptors (Lipinski definition) is 5. The zero-order valence-corrected chi connectivity index (χ0v) is 31.2. The van der Waals surface area contributed by atoms with Crippen molar-refractivity contribution < 1.29 is 14.2 Å². The smallest absolute Gasteiger partial charge is 0.178 e. The van der Waals surface area contributed by atoms with Crippen LogP contribution in [-0.2, 0) is 16.8 Å². The fraction of sp³-hybridized carbons (Fsp3) is 0.318. The molecular formula is C44H44O3S2. The maximum atomic E-state index is 7.66. The minimum Gasteiger partial charge on any atom is -0.497 e. The first-order chi connectivity index (χ1) is 23.5. The molecular weight excluding hydrogens is 641 g/mol. The van der Waals surface area contributed by atoms with Crippen molar-refractivity contribution >= 4 is 41.2 Å². The molecule has 1 fully saturated rings. The van der Waals surface area contributed by atoms with E-state index < -0.39 is 5.60 Å². The molecule has 0 radical (unpaired) electrons. The monoisotopic (exact) mass is 684 g/mol. The van der Waals surface area contributed by atoms with E-state index in [-0.39, 0.29) is 16.2 Å². The molecule has 5 aromatic rings. The molecule has 250 valence electrons. The van der Waals surface area contributed by atoms with Crippen LogP contribution in [0.3, 0.4) is 0 Å². The first kappa shape index (κ1) is 32.4. The van der Waals surface area contributed by atoms with E-state index in [0.29, 0.717) is 5.75 Å². The van der Waals surface area contributed by atoms with Crippen molar-refractivity contribution in [3.63, 3.8) is 0 Å². The molecule has 0 amide bonds. The van der Waals surface area contributed by atoms with E-state index in [1.165, 1.54) is 43.7 Å². The SMILES string of the molecule is COc1ccc(C2(c3ccc(OC)cc3)C=Cc3c4c(c5cc(CS)c(SC)cc5c3O2)-c2ccccc2C42CC(C)(C)C(C)(C)C2)cc1. The molecule has 8 rings (SSSR count). The Kier molecular flexibility index (Phi) is 7.52. The van der Waals surface area contributed by atoms with Crippen LogP contribution in [0.15, 0.2) is 95.9 Å². The summed E-state index contributed by atoms with van der Waals surface area (Å²) in [6.07, 6.45) is 8.97. The van der Waals surface area contributed by atoms with Crippen molar-refractivity contribution in [1.29, 1.82) is 0 Å². The van der Waals surface area contributed by atoms with Gasteiger partial charge in [0.2, 0.25) is 0 Å². The number of thiol groups is 1. The van der Waals surface area contributed by atoms with E-state index >= 15 is 0 Å². The van der Waals surface area contributed by atoms with Gasteiger partial charge in [0.1, 0.15) is 17.2 Å². The van der Waals surface area contributed by atoms with Crippen molar-refractivity contribution in [2.75, 3.05) is 20.5 Å². The van der Waals surface area contributed by atoms with Gasteiger partial charge in [-0.1, -0.05) is 82.3 Å². The van der Waals surface area contributed by atoms with Crippen LogP contribution < -0.4 is 14.2 Å². The quantitative estimate of drug-likeness (QED) is 0.142. The molecule has 1 aliphatic heterocycles. The predicted molar refractivity (Wildman–Crippen MR) is 208 cm³/mol. The van der Waals surface area contributed by atoms with Crippen molar-refractivity contribution in [3.05, 3.63) is 124 Å². The number of benzene rings is 5. The van der Waals surface area contributed by atoms with E-state index in [4.69, 9.17) is 26.8 Å². The summed E-state index contributed by atoms with van der Waals surface area (Å²) >= 11 is 6.60. The molecule has 0 unspecified atom stereocenters. The second-order valence-electron chi connectivity index (χ2n) is 15.2. The van der Waals surface area contributed by atoms with Gasteiger partial charge < -0.3 is 14.2 Å². The summed E-state index contributed by atoms with van der Waals surface area (Å²) in [4.78, 5) is 1.23. The maximum absolute atomic E-state index is 7.66. The number of hydrogen-bond donors (Lipinski definition) is 1. The number of fused-ring (bicyclic) bond motifs is 10. The van der Waals surface area contributed by atoms with Crippen LogP contribution in [0.4, 0.5) is 0 Å². The highest BCUT2D eigenvalue weighted by molar-refractivity contribution is 7.98. The van der Waals surface area contributed by atoms with Crippen molar-refractivity contribution in [2.45, 2.75) is 62.2 Å². The van der Waals surface area contributed by atoms with Gasteiger partial charge in [0.25, 0.3) is 0 Å². The molecule has 49 heavy (non-hydrogen) atoms. The molecule has 1 spiro atoms. The summed E-state index contributed by atoms with van der Waals surface area (Å²) in [5.41, 5.74) is 9.39. The van der Waals surface area contributed by atoms with E-state index in [0.717, 1.165) is 46.6 Å². The van der Waals surface area contributed by atoms with Gasteiger partial charge in [-0.25, -0.2) is 0 Å². The molecule has 0 bridgehead atoms. The van der Waals surface area contributed by atoms with Gasteiger partial charge in [-0.05, 0) is 106 Å². The van der Waals surface area contributed by atoms with Crippen LogP contribution in [0.1, 0.15) is 73.9 Å². The fourth-order valence-corrected chi connectivity index (χ4v) is 10.1. The molecule has 0 saturated heterocycles. The highest BCUT2D eigenvalue weighted by atomic mass is 32.2. The lowest BCUT2D eigenvalue weighted by Crippen LogP contribution is -2.35. The Morgan fingerprint density at radius 1 is 0.776 bits per heavy atom. The summed E-state index contributed by atoms with van der Waals surface area (Å²) in [7, 11) is 3.41. The number of ether oxygens (including phenoxy) is 3. The third-order valence-corrected chi connectivity index (χ3v) is 13.3. The van der Waals surface area contributed by atoms with E-state index in [2.05, 4.69) is 107 Å². The molecule has 0 aromatic heterocycles. The maximum Gasteiger partial charge on any atom is 0.178 e. The van der Waals surface area contributed by atoms with Gasteiger partial charge in [-0.15, -0.1) is 11.8 Å². The van der Waals surface area contributed by atoms with Gasteiger partial charge >= 0.3 is 0 Å². The van der Waals surface area contributed by atoms with Crippen LogP contribution in [0, 0.1) is 10.8 Å². The van der Waals surface area contributed by atoms with Gasteiger partial charge in [0.05, 0.1) is 14.2 Å². The lowest BCUT2D eigenvalue weighted by molar-refractivity contribution is 0.157. The summed E-state index contributed by atoms with van der Waals surface area (Å²) in [6, 6.07) is 30.5. The minimum absolute atomic E-state index is 0.134. The zero-order valence-electron chi connectivity index (χ0n) is 29.4. The average Bonchev–Trinajstić information content (AvgIpc) is 3.50.